The minimum absolute atomic E-state index is 0.0464. The van der Waals surface area contributed by atoms with Crippen LogP contribution in [-0.4, -0.2) is 71.0 Å². The van der Waals surface area contributed by atoms with Crippen LogP contribution < -0.4 is 10.6 Å². The normalized spacial score (nSPS) is 35.7. The number of hydrogen-bond acceptors (Lipinski definition) is 6. The zero-order valence-electron chi connectivity index (χ0n) is 20.9. The summed E-state index contributed by atoms with van der Waals surface area (Å²) in [5, 5.41) is 25.9. The first-order valence-electron chi connectivity index (χ1n) is 13.8. The molecule has 4 bridgehead atoms. The lowest BCUT2D eigenvalue weighted by atomic mass is 9.50. The van der Waals surface area contributed by atoms with Crippen LogP contribution in [0.5, 0.6) is 0 Å². The van der Waals surface area contributed by atoms with Crippen molar-refractivity contribution in [3.05, 3.63) is 0 Å². The second kappa shape index (κ2) is 10.1. The quantitative estimate of drug-likeness (QED) is 0.524. The van der Waals surface area contributed by atoms with Gasteiger partial charge in [0, 0.05) is 30.2 Å². The van der Waals surface area contributed by atoms with Gasteiger partial charge in [-0.05, 0) is 76.0 Å². The number of hydrogen-bond donors (Lipinski definition) is 2. The molecule has 8 heteroatoms. The maximum atomic E-state index is 13.3. The van der Waals surface area contributed by atoms with E-state index in [9.17, 15) is 14.9 Å². The van der Waals surface area contributed by atoms with Crippen molar-refractivity contribution in [3.8, 4) is 12.1 Å². The molecule has 0 aromatic heterocycles. The zero-order valence-corrected chi connectivity index (χ0v) is 20.9. The maximum Gasteiger partial charge on any atom is 0.237 e. The summed E-state index contributed by atoms with van der Waals surface area (Å²) in [4.78, 5) is 29.9. The van der Waals surface area contributed by atoms with Crippen molar-refractivity contribution in [1.29, 1.82) is 10.5 Å². The Kier molecular flexibility index (Phi) is 7.06. The molecule has 1 aliphatic heterocycles. The van der Waals surface area contributed by atoms with Crippen molar-refractivity contribution in [3.63, 3.8) is 0 Å². The van der Waals surface area contributed by atoms with Gasteiger partial charge in [0.2, 0.25) is 11.8 Å². The van der Waals surface area contributed by atoms with Gasteiger partial charge < -0.3 is 20.4 Å². The Morgan fingerprint density at radius 2 is 1.60 bits per heavy atom. The summed E-state index contributed by atoms with van der Waals surface area (Å²) >= 11 is 0. The molecule has 35 heavy (non-hydrogen) atoms. The first-order chi connectivity index (χ1) is 16.9. The highest BCUT2D eigenvalue weighted by atomic mass is 16.2. The van der Waals surface area contributed by atoms with E-state index in [1.165, 1.54) is 19.3 Å². The summed E-state index contributed by atoms with van der Waals surface area (Å²) in [6.07, 6.45) is 13.2. The lowest BCUT2D eigenvalue weighted by Crippen LogP contribution is -2.69. The average molecular weight is 481 g/mol. The third kappa shape index (κ3) is 5.06. The minimum Gasteiger partial charge on any atom is -0.338 e. The van der Waals surface area contributed by atoms with E-state index in [-0.39, 0.29) is 35.0 Å². The number of nitriles is 2. The number of carbonyl (C=O) groups excluding carboxylic acids is 2. The van der Waals surface area contributed by atoms with Gasteiger partial charge in [-0.2, -0.15) is 10.5 Å². The second-order valence-corrected chi connectivity index (χ2v) is 12.0. The second-order valence-electron chi connectivity index (χ2n) is 12.0. The van der Waals surface area contributed by atoms with Crippen molar-refractivity contribution in [1.82, 2.24) is 20.4 Å². The lowest BCUT2D eigenvalue weighted by Gasteiger charge is -2.62. The first-order valence-corrected chi connectivity index (χ1v) is 13.8. The van der Waals surface area contributed by atoms with Gasteiger partial charge in [-0.1, -0.05) is 12.8 Å². The van der Waals surface area contributed by atoms with Gasteiger partial charge in [-0.15, -0.1) is 0 Å². The van der Waals surface area contributed by atoms with Gasteiger partial charge in [0.1, 0.15) is 6.04 Å². The Balaban J connectivity index is 1.21. The van der Waals surface area contributed by atoms with Gasteiger partial charge >= 0.3 is 0 Å². The van der Waals surface area contributed by atoms with E-state index in [4.69, 9.17) is 5.26 Å². The van der Waals surface area contributed by atoms with E-state index in [2.05, 4.69) is 22.8 Å². The largest absolute Gasteiger partial charge is 0.338 e. The van der Waals surface area contributed by atoms with E-state index in [0.717, 1.165) is 57.8 Å². The standard InChI is InChI=1S/C27H40N6O2/c28-8-4-10-32(22-5-1-2-6-22)24(34)17-30-26-12-20-11-21(13-26)15-27(14-20,19-26)31-18-25(35)33-9-3-7-23(33)16-29/h20-23,30-31H,1-7,9-15,17-19H2/t20?,21?,23-,26?,27?/m0/s1. The number of likely N-dealkylation sites (tertiary alicyclic amines) is 1. The highest BCUT2D eigenvalue weighted by molar-refractivity contribution is 5.79. The van der Waals surface area contributed by atoms with E-state index < -0.39 is 0 Å². The van der Waals surface area contributed by atoms with Crippen molar-refractivity contribution < 1.29 is 9.59 Å². The minimum atomic E-state index is -0.275. The van der Waals surface area contributed by atoms with Crippen molar-refractivity contribution >= 4 is 11.8 Å². The van der Waals surface area contributed by atoms with Crippen molar-refractivity contribution in [2.45, 2.75) is 107 Å². The Morgan fingerprint density at radius 3 is 2.23 bits per heavy atom. The van der Waals surface area contributed by atoms with Gasteiger partial charge in [0.05, 0.1) is 31.6 Å². The lowest BCUT2D eigenvalue weighted by molar-refractivity contribution is -0.134. The fourth-order valence-electron chi connectivity index (χ4n) is 8.50. The first kappa shape index (κ1) is 24.5. The molecule has 2 N–H and O–H groups in total. The fraction of sp³-hybridized carbons (Fsp3) is 0.852. The van der Waals surface area contributed by atoms with Crippen LogP contribution in [0.15, 0.2) is 0 Å². The molecule has 0 aromatic carbocycles. The topological polar surface area (TPSA) is 112 Å². The van der Waals surface area contributed by atoms with Gasteiger partial charge in [-0.3, -0.25) is 9.59 Å². The highest BCUT2D eigenvalue weighted by Crippen LogP contribution is 2.57. The predicted molar refractivity (Wildman–Crippen MR) is 131 cm³/mol. The number of nitrogens with zero attached hydrogens (tertiary/aromatic N) is 4. The fourth-order valence-corrected chi connectivity index (χ4v) is 8.50. The van der Waals surface area contributed by atoms with Crippen LogP contribution in [0.25, 0.3) is 0 Å². The Labute approximate surface area is 209 Å². The molecule has 6 rings (SSSR count). The van der Waals surface area contributed by atoms with E-state index in [0.29, 0.717) is 44.4 Å². The zero-order chi connectivity index (χ0) is 24.5. The van der Waals surface area contributed by atoms with Crippen LogP contribution in [0, 0.1) is 34.5 Å². The van der Waals surface area contributed by atoms with E-state index in [1.54, 1.807) is 4.90 Å². The maximum absolute atomic E-state index is 13.3. The molecule has 0 spiro atoms. The summed E-state index contributed by atoms with van der Waals surface area (Å²) < 4.78 is 0. The predicted octanol–water partition coefficient (Wildman–Crippen LogP) is 2.46. The Bertz CT molecular complexity index is 886. The Hall–Kier alpha value is -2.16. The molecule has 1 saturated heterocycles. The number of amides is 2. The molecule has 5 saturated carbocycles. The van der Waals surface area contributed by atoms with Crippen LogP contribution in [0.2, 0.25) is 0 Å². The van der Waals surface area contributed by atoms with Crippen molar-refractivity contribution in [2.75, 3.05) is 26.2 Å². The van der Waals surface area contributed by atoms with Gasteiger partial charge in [0.25, 0.3) is 0 Å². The summed E-state index contributed by atoms with van der Waals surface area (Å²) in [5.74, 6) is 1.44. The molecular weight excluding hydrogens is 440 g/mol. The van der Waals surface area contributed by atoms with Crippen LogP contribution >= 0.6 is 0 Å². The molecule has 5 aliphatic carbocycles. The number of nitrogens with one attached hydrogen (secondary N) is 2. The van der Waals surface area contributed by atoms with Gasteiger partial charge in [0.15, 0.2) is 0 Å². The SMILES string of the molecule is N#CCCN(C(=O)CNC12CC3CC(C1)CC(NCC(=O)N1CCC[C@H]1C#N)(C3)C2)C1CCCC1. The average Bonchev–Trinajstić information content (AvgIpc) is 3.53. The molecule has 190 valence electrons. The van der Waals surface area contributed by atoms with Crippen molar-refractivity contribution in [2.24, 2.45) is 11.8 Å². The summed E-state index contributed by atoms with van der Waals surface area (Å²) in [6.45, 7) is 1.87. The van der Waals surface area contributed by atoms with Crippen LogP contribution in [0.3, 0.4) is 0 Å². The molecular formula is C27H40N6O2. The summed E-state index contributed by atoms with van der Waals surface area (Å²) in [5.41, 5.74) is -0.0984. The Morgan fingerprint density at radius 1 is 0.943 bits per heavy atom. The number of rotatable bonds is 9. The molecule has 6 fully saturated rings. The van der Waals surface area contributed by atoms with Crippen LogP contribution in [0.1, 0.15) is 83.5 Å². The molecule has 2 amide bonds. The van der Waals surface area contributed by atoms with Crippen LogP contribution in [-0.2, 0) is 9.59 Å². The summed E-state index contributed by atoms with van der Waals surface area (Å²) in [6, 6.07) is 4.50. The third-order valence-corrected chi connectivity index (χ3v) is 9.56. The third-order valence-electron chi connectivity index (χ3n) is 9.56. The molecule has 3 atom stereocenters. The molecule has 0 aromatic rings. The van der Waals surface area contributed by atoms with Crippen LogP contribution in [0.4, 0.5) is 0 Å². The molecule has 6 aliphatic rings. The monoisotopic (exact) mass is 480 g/mol. The number of carbonyl (C=O) groups is 2. The highest BCUT2D eigenvalue weighted by Gasteiger charge is 2.57. The summed E-state index contributed by atoms with van der Waals surface area (Å²) in [7, 11) is 0. The molecule has 0 radical (unpaired) electrons. The molecule has 8 nitrogen and oxygen atoms in total. The smallest absolute Gasteiger partial charge is 0.237 e. The molecule has 2 unspecified atom stereocenters. The van der Waals surface area contributed by atoms with E-state index in [1.807, 2.05) is 4.90 Å². The van der Waals surface area contributed by atoms with Gasteiger partial charge in [-0.25, -0.2) is 0 Å². The molecule has 1 heterocycles. The van der Waals surface area contributed by atoms with E-state index >= 15 is 0 Å².